The van der Waals surface area contributed by atoms with Crippen LogP contribution in [0.2, 0.25) is 0 Å². The fourth-order valence-electron chi connectivity index (χ4n) is 2.31. The fourth-order valence-corrected chi connectivity index (χ4v) is 4.74. The third-order valence-electron chi connectivity index (χ3n) is 3.53. The zero-order valence-electron chi connectivity index (χ0n) is 14.8. The number of fused-ring (bicyclic) bond motifs is 1. The predicted molar refractivity (Wildman–Crippen MR) is 118 cm³/mol. The molecule has 0 aliphatic rings. The number of benzene rings is 2. The zero-order valence-corrected chi connectivity index (χ0v) is 17.2. The Morgan fingerprint density at radius 3 is 2.48 bits per heavy atom. The summed E-state index contributed by atoms with van der Waals surface area (Å²) in [6.45, 7) is 0. The van der Waals surface area contributed by atoms with Crippen LogP contribution >= 0.6 is 34.4 Å². The Bertz CT molecular complexity index is 1110. The van der Waals surface area contributed by atoms with Crippen LogP contribution < -0.4 is 16.0 Å². The van der Waals surface area contributed by atoms with Gasteiger partial charge in [-0.1, -0.05) is 64.8 Å². The van der Waals surface area contributed by atoms with Crippen molar-refractivity contribution in [3.63, 3.8) is 0 Å². The predicted octanol–water partition coefficient (Wildman–Crippen LogP) is 4.52. The van der Waals surface area contributed by atoms with Gasteiger partial charge in [0, 0.05) is 5.69 Å². The van der Waals surface area contributed by atoms with Crippen molar-refractivity contribution in [1.82, 2.24) is 15.2 Å². The second kappa shape index (κ2) is 8.99. The maximum atomic E-state index is 12.2. The van der Waals surface area contributed by atoms with Gasteiger partial charge in [0.05, 0.1) is 16.0 Å². The Morgan fingerprint density at radius 1 is 0.862 bits per heavy atom. The van der Waals surface area contributed by atoms with Crippen LogP contribution in [0.4, 0.5) is 20.7 Å². The number of aromatic nitrogens is 3. The fraction of sp³-hybridized carbons (Fsp3) is 0.0556. The van der Waals surface area contributed by atoms with Gasteiger partial charge in [0.25, 0.3) is 0 Å². The van der Waals surface area contributed by atoms with Crippen LogP contribution in [0.1, 0.15) is 0 Å². The Hall–Kier alpha value is -3.02. The standard InChI is InChI=1S/C18H14N6O2S3/c25-14(21-16-20-12-8-4-5-9-13(12)28-16)10-27-18-24-23-17(29-18)22-15(26)19-11-6-2-1-3-7-11/h1-9H,10H2,(H,20,21,25)(H2,19,22,23,26). The van der Waals surface area contributed by atoms with Gasteiger partial charge in [-0.3, -0.25) is 10.1 Å². The summed E-state index contributed by atoms with van der Waals surface area (Å²) in [5.41, 5.74) is 1.53. The Labute approximate surface area is 177 Å². The Kier molecular flexibility index (Phi) is 5.98. The summed E-state index contributed by atoms with van der Waals surface area (Å²) in [6.07, 6.45) is 0. The number of amides is 3. The highest BCUT2D eigenvalue weighted by molar-refractivity contribution is 8.01. The van der Waals surface area contributed by atoms with E-state index in [1.54, 1.807) is 12.1 Å². The van der Waals surface area contributed by atoms with Crippen molar-refractivity contribution in [3.05, 3.63) is 54.6 Å². The third-order valence-corrected chi connectivity index (χ3v) is 6.45. The molecule has 0 saturated carbocycles. The number of rotatable bonds is 6. The Morgan fingerprint density at radius 2 is 1.66 bits per heavy atom. The maximum Gasteiger partial charge on any atom is 0.325 e. The summed E-state index contributed by atoms with van der Waals surface area (Å²) in [4.78, 5) is 28.5. The van der Waals surface area contributed by atoms with E-state index in [-0.39, 0.29) is 11.7 Å². The highest BCUT2D eigenvalue weighted by atomic mass is 32.2. The molecular formula is C18H14N6O2S3. The molecule has 4 rings (SSSR count). The molecule has 8 nitrogen and oxygen atoms in total. The van der Waals surface area contributed by atoms with Crippen LogP contribution in [-0.2, 0) is 4.79 Å². The van der Waals surface area contributed by atoms with E-state index in [0.717, 1.165) is 10.2 Å². The summed E-state index contributed by atoms with van der Waals surface area (Å²) in [6, 6.07) is 16.4. The number of carbonyl (C=O) groups excluding carboxylic acids is 2. The molecule has 0 saturated heterocycles. The lowest BCUT2D eigenvalue weighted by Gasteiger charge is -2.03. The highest BCUT2D eigenvalue weighted by Crippen LogP contribution is 2.27. The first-order chi connectivity index (χ1) is 14.2. The Balaban J connectivity index is 1.26. The van der Waals surface area contributed by atoms with Crippen LogP contribution in [0.25, 0.3) is 10.2 Å². The summed E-state index contributed by atoms with van der Waals surface area (Å²) in [5, 5.41) is 16.9. The quantitative estimate of drug-likeness (QED) is 0.299. The van der Waals surface area contributed by atoms with E-state index in [0.29, 0.717) is 20.3 Å². The number of nitrogens with one attached hydrogen (secondary N) is 3. The minimum atomic E-state index is -0.405. The van der Waals surface area contributed by atoms with Gasteiger partial charge in [-0.05, 0) is 24.3 Å². The van der Waals surface area contributed by atoms with Gasteiger partial charge >= 0.3 is 6.03 Å². The van der Waals surface area contributed by atoms with Crippen molar-refractivity contribution >= 4 is 72.5 Å². The molecule has 2 aromatic heterocycles. The summed E-state index contributed by atoms with van der Waals surface area (Å²) >= 11 is 3.87. The SMILES string of the molecule is O=C(CSc1nnc(NC(=O)Nc2ccccc2)s1)Nc1nc2ccccc2s1. The van der Waals surface area contributed by atoms with Crippen molar-refractivity contribution in [2.24, 2.45) is 0 Å². The van der Waals surface area contributed by atoms with Crippen LogP contribution in [0.3, 0.4) is 0 Å². The molecular weight excluding hydrogens is 428 g/mol. The molecule has 29 heavy (non-hydrogen) atoms. The molecule has 0 aliphatic heterocycles. The lowest BCUT2D eigenvalue weighted by Crippen LogP contribution is -2.19. The van der Waals surface area contributed by atoms with Crippen molar-refractivity contribution < 1.29 is 9.59 Å². The van der Waals surface area contributed by atoms with Crippen molar-refractivity contribution in [2.45, 2.75) is 4.34 Å². The molecule has 0 unspecified atom stereocenters. The number of hydrogen-bond acceptors (Lipinski definition) is 8. The van der Waals surface area contributed by atoms with E-state index in [1.165, 1.54) is 34.4 Å². The first-order valence-corrected chi connectivity index (χ1v) is 11.0. The first-order valence-electron chi connectivity index (χ1n) is 8.40. The van der Waals surface area contributed by atoms with Crippen molar-refractivity contribution in [2.75, 3.05) is 21.7 Å². The molecule has 0 radical (unpaired) electrons. The molecule has 2 heterocycles. The van der Waals surface area contributed by atoms with Gasteiger partial charge in [-0.25, -0.2) is 9.78 Å². The summed E-state index contributed by atoms with van der Waals surface area (Å²) < 4.78 is 1.60. The molecule has 0 atom stereocenters. The number of hydrogen-bond donors (Lipinski definition) is 3. The second-order valence-electron chi connectivity index (χ2n) is 5.64. The van der Waals surface area contributed by atoms with Crippen LogP contribution in [0, 0.1) is 0 Å². The molecule has 146 valence electrons. The van der Waals surface area contributed by atoms with Crippen LogP contribution in [0.5, 0.6) is 0 Å². The summed E-state index contributed by atoms with van der Waals surface area (Å²) in [5.74, 6) is -0.0126. The number of urea groups is 1. The van der Waals surface area contributed by atoms with E-state index in [9.17, 15) is 9.59 Å². The molecule has 2 aromatic carbocycles. The molecule has 11 heteroatoms. The number of para-hydroxylation sites is 2. The highest BCUT2D eigenvalue weighted by Gasteiger charge is 2.12. The maximum absolute atomic E-state index is 12.2. The van der Waals surface area contributed by atoms with Crippen molar-refractivity contribution in [3.8, 4) is 0 Å². The van der Waals surface area contributed by atoms with E-state index >= 15 is 0 Å². The monoisotopic (exact) mass is 442 g/mol. The normalized spacial score (nSPS) is 10.6. The molecule has 4 aromatic rings. The van der Waals surface area contributed by atoms with E-state index in [4.69, 9.17) is 0 Å². The van der Waals surface area contributed by atoms with E-state index in [2.05, 4.69) is 31.1 Å². The van der Waals surface area contributed by atoms with E-state index < -0.39 is 6.03 Å². The molecule has 0 fully saturated rings. The molecule has 3 amide bonds. The zero-order chi connectivity index (χ0) is 20.1. The van der Waals surface area contributed by atoms with Gasteiger partial charge in [-0.15, -0.1) is 10.2 Å². The first kappa shape index (κ1) is 19.3. The number of anilines is 3. The van der Waals surface area contributed by atoms with Gasteiger partial charge in [0.1, 0.15) is 0 Å². The number of thioether (sulfide) groups is 1. The van der Waals surface area contributed by atoms with Gasteiger partial charge < -0.3 is 10.6 Å². The van der Waals surface area contributed by atoms with E-state index in [1.807, 2.05) is 42.5 Å². The van der Waals surface area contributed by atoms with Gasteiger partial charge in [0.15, 0.2) is 9.47 Å². The van der Waals surface area contributed by atoms with Crippen LogP contribution in [0.15, 0.2) is 58.9 Å². The minimum absolute atomic E-state index is 0.167. The lowest BCUT2D eigenvalue weighted by molar-refractivity contribution is -0.113. The minimum Gasteiger partial charge on any atom is -0.308 e. The van der Waals surface area contributed by atoms with Crippen molar-refractivity contribution in [1.29, 1.82) is 0 Å². The van der Waals surface area contributed by atoms with Gasteiger partial charge in [-0.2, -0.15) is 0 Å². The number of thiazole rings is 1. The smallest absolute Gasteiger partial charge is 0.308 e. The number of carbonyl (C=O) groups is 2. The largest absolute Gasteiger partial charge is 0.325 e. The average Bonchev–Trinajstić information content (AvgIpc) is 3.33. The molecule has 0 aliphatic carbocycles. The molecule has 0 bridgehead atoms. The van der Waals surface area contributed by atoms with Gasteiger partial charge in [0.2, 0.25) is 11.0 Å². The van der Waals surface area contributed by atoms with Crippen LogP contribution in [-0.4, -0.2) is 32.9 Å². The molecule has 0 spiro atoms. The third kappa shape index (κ3) is 5.28. The summed E-state index contributed by atoms with van der Waals surface area (Å²) in [7, 11) is 0. The average molecular weight is 443 g/mol. The topological polar surface area (TPSA) is 109 Å². The second-order valence-corrected chi connectivity index (χ2v) is 8.87. The number of nitrogens with zero attached hydrogens (tertiary/aromatic N) is 3. The lowest BCUT2D eigenvalue weighted by atomic mass is 10.3. The molecule has 3 N–H and O–H groups in total.